The number of piperazine rings is 1. The van der Waals surface area contributed by atoms with Crippen LogP contribution in [0.4, 0.5) is 0 Å². The zero-order valence-electron chi connectivity index (χ0n) is 13.1. The van der Waals surface area contributed by atoms with E-state index in [0.717, 1.165) is 44.0 Å². The van der Waals surface area contributed by atoms with Gasteiger partial charge in [0.1, 0.15) is 0 Å². The van der Waals surface area contributed by atoms with Crippen LogP contribution in [0.2, 0.25) is 5.02 Å². The van der Waals surface area contributed by atoms with Crippen LogP contribution in [0.5, 0.6) is 0 Å². The number of aromatic nitrogens is 1. The zero-order chi connectivity index (χ0) is 16.1. The van der Waals surface area contributed by atoms with Gasteiger partial charge in [-0.15, -0.1) is 0 Å². The topological polar surface area (TPSA) is 39.6 Å². The lowest BCUT2D eigenvalue weighted by Gasteiger charge is -2.35. The third-order valence-corrected chi connectivity index (χ3v) is 4.62. The molecule has 23 heavy (non-hydrogen) atoms. The van der Waals surface area contributed by atoms with Gasteiger partial charge in [-0.3, -0.25) is 14.8 Å². The molecule has 3 rings (SSSR count). The summed E-state index contributed by atoms with van der Waals surface area (Å²) < 4.78 is 0. The molecule has 0 saturated carbocycles. The van der Waals surface area contributed by atoms with Crippen LogP contribution in [0.3, 0.4) is 0 Å². The fraction of sp³-hybridized carbons (Fsp3) is 0.389. The quantitative estimate of drug-likeness (QED) is 0.914. The first kappa shape index (κ1) is 16.4. The molecular formula is C18H22ClN3O. The second-order valence-corrected chi connectivity index (χ2v) is 6.34. The summed E-state index contributed by atoms with van der Waals surface area (Å²) in [6.45, 7) is 5.41. The Morgan fingerprint density at radius 2 is 1.70 bits per heavy atom. The molecule has 0 amide bonds. The van der Waals surface area contributed by atoms with Gasteiger partial charge >= 0.3 is 0 Å². The summed E-state index contributed by atoms with van der Waals surface area (Å²) in [5.74, 6) is 0. The molecule has 0 spiro atoms. The van der Waals surface area contributed by atoms with Gasteiger partial charge in [-0.1, -0.05) is 35.9 Å². The predicted molar refractivity (Wildman–Crippen MR) is 92.4 cm³/mol. The van der Waals surface area contributed by atoms with Crippen molar-refractivity contribution in [3.63, 3.8) is 0 Å². The Morgan fingerprint density at radius 1 is 1.00 bits per heavy atom. The molecule has 4 nitrogen and oxygen atoms in total. The van der Waals surface area contributed by atoms with Gasteiger partial charge in [0, 0.05) is 56.1 Å². The average molecular weight is 332 g/mol. The number of hydrogen-bond donors (Lipinski definition) is 1. The van der Waals surface area contributed by atoms with Gasteiger partial charge in [0.2, 0.25) is 0 Å². The van der Waals surface area contributed by atoms with Gasteiger partial charge in [0.15, 0.2) is 0 Å². The summed E-state index contributed by atoms with van der Waals surface area (Å²) in [5.41, 5.74) is 1.92. The van der Waals surface area contributed by atoms with E-state index in [9.17, 15) is 5.11 Å². The summed E-state index contributed by atoms with van der Waals surface area (Å²) in [6.07, 6.45) is 1.30. The maximum Gasteiger partial charge on any atom is 0.0931 e. The van der Waals surface area contributed by atoms with Crippen molar-refractivity contribution in [2.24, 2.45) is 0 Å². The highest BCUT2D eigenvalue weighted by molar-refractivity contribution is 6.31. The van der Waals surface area contributed by atoms with E-state index in [1.54, 1.807) is 0 Å². The number of aliphatic hydroxyl groups excluding tert-OH is 1. The second-order valence-electron chi connectivity index (χ2n) is 5.94. The van der Waals surface area contributed by atoms with Crippen molar-refractivity contribution < 1.29 is 5.11 Å². The number of halogens is 1. The Balaban J connectivity index is 1.48. The van der Waals surface area contributed by atoms with Crippen LogP contribution in [0.1, 0.15) is 17.4 Å². The number of β-amino-alcohol motifs (C(OH)–C–C–N with tert-alkyl or cyclic N) is 1. The third-order valence-electron chi connectivity index (χ3n) is 4.27. The molecule has 0 bridgehead atoms. The lowest BCUT2D eigenvalue weighted by molar-refractivity contribution is 0.0697. The van der Waals surface area contributed by atoms with Gasteiger partial charge in [0.05, 0.1) is 11.8 Å². The SMILES string of the molecule is OC(CN1CCN(Cc2ccccn2)CC1)c1ccccc1Cl. The molecule has 1 aromatic carbocycles. The van der Waals surface area contributed by atoms with E-state index in [1.165, 1.54) is 0 Å². The molecule has 1 aliphatic rings. The highest BCUT2D eigenvalue weighted by Crippen LogP contribution is 2.23. The normalized spacial score (nSPS) is 18.0. The molecule has 1 saturated heterocycles. The minimum atomic E-state index is -0.536. The highest BCUT2D eigenvalue weighted by Gasteiger charge is 2.21. The van der Waals surface area contributed by atoms with Gasteiger partial charge < -0.3 is 5.11 Å². The molecule has 1 unspecified atom stereocenters. The van der Waals surface area contributed by atoms with Crippen LogP contribution in [0, 0.1) is 0 Å². The van der Waals surface area contributed by atoms with Gasteiger partial charge in [-0.2, -0.15) is 0 Å². The van der Waals surface area contributed by atoms with E-state index in [1.807, 2.05) is 42.6 Å². The number of rotatable bonds is 5. The highest BCUT2D eigenvalue weighted by atomic mass is 35.5. The van der Waals surface area contributed by atoms with Crippen molar-refractivity contribution in [2.75, 3.05) is 32.7 Å². The Morgan fingerprint density at radius 3 is 2.39 bits per heavy atom. The Hall–Kier alpha value is -1.46. The van der Waals surface area contributed by atoms with E-state index in [4.69, 9.17) is 11.6 Å². The van der Waals surface area contributed by atoms with Gasteiger partial charge in [-0.05, 0) is 18.2 Å². The maximum atomic E-state index is 10.4. The minimum absolute atomic E-state index is 0.536. The first-order chi connectivity index (χ1) is 11.2. The van der Waals surface area contributed by atoms with Crippen LogP contribution in [0.25, 0.3) is 0 Å². The predicted octanol–water partition coefficient (Wildman–Crippen LogP) is 2.59. The Kier molecular flexibility index (Phi) is 5.62. The van der Waals surface area contributed by atoms with Gasteiger partial charge in [-0.25, -0.2) is 0 Å². The second kappa shape index (κ2) is 7.88. The standard InChI is InChI=1S/C18H22ClN3O/c19-17-7-2-1-6-16(17)18(23)14-22-11-9-21(10-12-22)13-15-5-3-4-8-20-15/h1-8,18,23H,9-14H2. The molecule has 1 aromatic heterocycles. The first-order valence-corrected chi connectivity index (χ1v) is 8.37. The van der Waals surface area contributed by atoms with Crippen molar-refractivity contribution in [1.29, 1.82) is 0 Å². The van der Waals surface area contributed by atoms with Crippen LogP contribution in [-0.2, 0) is 6.54 Å². The van der Waals surface area contributed by atoms with E-state index in [0.29, 0.717) is 11.6 Å². The molecule has 1 N–H and O–H groups in total. The summed E-state index contributed by atoms with van der Waals surface area (Å²) in [6, 6.07) is 13.5. The number of aliphatic hydroxyl groups is 1. The van der Waals surface area contributed by atoms with Crippen LogP contribution in [-0.4, -0.2) is 52.6 Å². The van der Waals surface area contributed by atoms with Crippen molar-refractivity contribution in [2.45, 2.75) is 12.6 Å². The van der Waals surface area contributed by atoms with Gasteiger partial charge in [0.25, 0.3) is 0 Å². The Labute approximate surface area is 142 Å². The van der Waals surface area contributed by atoms with Crippen LogP contribution < -0.4 is 0 Å². The summed E-state index contributed by atoms with van der Waals surface area (Å²) in [7, 11) is 0. The molecule has 2 aromatic rings. The van der Waals surface area contributed by atoms with E-state index < -0.39 is 6.10 Å². The largest absolute Gasteiger partial charge is 0.387 e. The Bertz CT molecular complexity index is 615. The van der Waals surface area contributed by atoms with E-state index >= 15 is 0 Å². The average Bonchev–Trinajstić information content (AvgIpc) is 2.58. The number of benzene rings is 1. The third kappa shape index (κ3) is 4.52. The summed E-state index contributed by atoms with van der Waals surface area (Å²) >= 11 is 6.16. The van der Waals surface area contributed by atoms with Crippen LogP contribution in [0.15, 0.2) is 48.7 Å². The first-order valence-electron chi connectivity index (χ1n) is 7.99. The van der Waals surface area contributed by atoms with Crippen molar-refractivity contribution >= 4 is 11.6 Å². The lowest BCUT2D eigenvalue weighted by atomic mass is 10.1. The molecule has 1 fully saturated rings. The zero-order valence-corrected chi connectivity index (χ0v) is 13.9. The van der Waals surface area contributed by atoms with E-state index in [2.05, 4.69) is 20.9 Å². The van der Waals surface area contributed by atoms with Crippen molar-refractivity contribution in [3.05, 3.63) is 64.9 Å². The summed E-state index contributed by atoms with van der Waals surface area (Å²) in [5, 5.41) is 11.0. The molecule has 0 radical (unpaired) electrons. The maximum absolute atomic E-state index is 10.4. The molecule has 1 atom stereocenters. The number of nitrogens with zero attached hydrogens (tertiary/aromatic N) is 3. The lowest BCUT2D eigenvalue weighted by Crippen LogP contribution is -2.47. The monoisotopic (exact) mass is 331 g/mol. The van der Waals surface area contributed by atoms with E-state index in [-0.39, 0.29) is 0 Å². The molecule has 5 heteroatoms. The minimum Gasteiger partial charge on any atom is -0.387 e. The van der Waals surface area contributed by atoms with Crippen LogP contribution >= 0.6 is 11.6 Å². The van der Waals surface area contributed by atoms with Crippen molar-refractivity contribution in [1.82, 2.24) is 14.8 Å². The fourth-order valence-electron chi connectivity index (χ4n) is 2.94. The molecule has 1 aliphatic heterocycles. The molecule has 0 aliphatic carbocycles. The molecular weight excluding hydrogens is 310 g/mol. The molecule has 2 heterocycles. The fourth-order valence-corrected chi connectivity index (χ4v) is 3.20. The smallest absolute Gasteiger partial charge is 0.0931 e. The number of hydrogen-bond acceptors (Lipinski definition) is 4. The molecule has 122 valence electrons. The summed E-state index contributed by atoms with van der Waals surface area (Å²) in [4.78, 5) is 9.08. The van der Waals surface area contributed by atoms with Crippen molar-refractivity contribution in [3.8, 4) is 0 Å². The number of pyridine rings is 1.